The molecule has 1 aliphatic rings. The van der Waals surface area contributed by atoms with Gasteiger partial charge in [0, 0.05) is 54.5 Å². The van der Waals surface area contributed by atoms with Crippen LogP contribution in [0.5, 0.6) is 0 Å². The van der Waals surface area contributed by atoms with Gasteiger partial charge in [-0.2, -0.15) is 0 Å². The number of carbonyl (C=O) groups excluding carboxylic acids is 1. The molecule has 1 heterocycles. The molecule has 0 aliphatic carbocycles. The van der Waals surface area contributed by atoms with E-state index < -0.39 is 10.5 Å². The number of ether oxygens (including phenoxy) is 1. The lowest BCUT2D eigenvalue weighted by molar-refractivity contribution is -0.384. The number of nitro benzene ring substituents is 1. The zero-order valence-corrected chi connectivity index (χ0v) is 19.7. The predicted molar refractivity (Wildman–Crippen MR) is 127 cm³/mol. The van der Waals surface area contributed by atoms with Crippen molar-refractivity contribution in [3.8, 4) is 0 Å². The number of carbonyl (C=O) groups is 1. The average Bonchev–Trinajstić information content (AvgIpc) is 2.70. The number of halogens is 2. The monoisotopic (exact) mass is 480 g/mol. The Kier molecular flexibility index (Phi) is 7.36. The van der Waals surface area contributed by atoms with Crippen LogP contribution >= 0.6 is 23.2 Å². The van der Waals surface area contributed by atoms with Crippen molar-refractivity contribution in [1.82, 2.24) is 4.90 Å². The fourth-order valence-corrected chi connectivity index (χ4v) is 3.99. The molecule has 1 N–H and O–H groups in total. The van der Waals surface area contributed by atoms with Gasteiger partial charge in [-0.15, -0.1) is 0 Å². The maximum Gasteiger partial charge on any atom is 0.410 e. The predicted octanol–water partition coefficient (Wildman–Crippen LogP) is 5.57. The van der Waals surface area contributed by atoms with E-state index in [4.69, 9.17) is 27.9 Å². The highest BCUT2D eigenvalue weighted by Gasteiger charge is 2.28. The molecule has 1 saturated heterocycles. The molecule has 1 aliphatic heterocycles. The topological polar surface area (TPSA) is 88.0 Å². The third-order valence-electron chi connectivity index (χ3n) is 4.86. The zero-order chi connectivity index (χ0) is 23.5. The van der Waals surface area contributed by atoms with Crippen molar-refractivity contribution < 1.29 is 14.5 Å². The fraction of sp³-hybridized carbons (Fsp3) is 0.409. The van der Waals surface area contributed by atoms with Crippen molar-refractivity contribution in [2.24, 2.45) is 0 Å². The minimum absolute atomic E-state index is 0.0204. The van der Waals surface area contributed by atoms with Gasteiger partial charge in [-0.1, -0.05) is 23.2 Å². The summed E-state index contributed by atoms with van der Waals surface area (Å²) in [5.41, 5.74) is 1.59. The summed E-state index contributed by atoms with van der Waals surface area (Å²) in [4.78, 5) is 27.1. The number of nitro groups is 1. The molecule has 3 rings (SSSR count). The van der Waals surface area contributed by atoms with Gasteiger partial charge in [0.05, 0.1) is 4.92 Å². The number of rotatable bonds is 5. The largest absolute Gasteiger partial charge is 0.444 e. The lowest BCUT2D eigenvalue weighted by atomic mass is 10.1. The van der Waals surface area contributed by atoms with E-state index in [9.17, 15) is 14.9 Å². The molecule has 0 radical (unpaired) electrons. The summed E-state index contributed by atoms with van der Waals surface area (Å²) in [6.45, 7) is 7.70. The molecular formula is C22H26Cl2N4O4. The van der Waals surface area contributed by atoms with Crippen LogP contribution in [0.2, 0.25) is 10.0 Å². The minimum Gasteiger partial charge on any atom is -0.444 e. The summed E-state index contributed by atoms with van der Waals surface area (Å²) < 4.78 is 5.42. The van der Waals surface area contributed by atoms with Crippen LogP contribution in [0.4, 0.5) is 21.9 Å². The molecule has 0 saturated carbocycles. The third kappa shape index (κ3) is 6.40. The van der Waals surface area contributed by atoms with Crippen LogP contribution in [0, 0.1) is 10.1 Å². The number of nitrogens with one attached hydrogen (secondary N) is 1. The highest BCUT2D eigenvalue weighted by Crippen LogP contribution is 2.32. The summed E-state index contributed by atoms with van der Waals surface area (Å²) in [6, 6.07) is 10.2. The lowest BCUT2D eigenvalue weighted by Crippen LogP contribution is -2.50. The summed E-state index contributed by atoms with van der Waals surface area (Å²) >= 11 is 12.1. The Bertz CT molecular complexity index is 982. The number of benzene rings is 2. The highest BCUT2D eigenvalue weighted by atomic mass is 35.5. The van der Waals surface area contributed by atoms with Crippen LogP contribution in [0.1, 0.15) is 26.3 Å². The summed E-state index contributed by atoms with van der Waals surface area (Å²) in [6.07, 6.45) is -0.373. The number of nitrogens with zero attached hydrogens (tertiary/aromatic N) is 3. The molecule has 172 valence electrons. The van der Waals surface area contributed by atoms with Crippen molar-refractivity contribution in [2.75, 3.05) is 36.4 Å². The number of hydrogen-bond acceptors (Lipinski definition) is 6. The van der Waals surface area contributed by atoms with Crippen molar-refractivity contribution in [3.63, 3.8) is 0 Å². The maximum absolute atomic E-state index is 12.3. The quantitative estimate of drug-likeness (QED) is 0.444. The molecule has 0 atom stereocenters. The number of hydrogen-bond donors (Lipinski definition) is 1. The van der Waals surface area contributed by atoms with Crippen molar-refractivity contribution in [3.05, 3.63) is 62.1 Å². The summed E-state index contributed by atoms with van der Waals surface area (Å²) in [5.74, 6) is 0. The Hall–Kier alpha value is -2.71. The van der Waals surface area contributed by atoms with Crippen LogP contribution < -0.4 is 10.2 Å². The molecule has 1 fully saturated rings. The summed E-state index contributed by atoms with van der Waals surface area (Å²) in [5, 5.41) is 16.0. The first-order valence-electron chi connectivity index (χ1n) is 10.2. The molecule has 0 spiro atoms. The highest BCUT2D eigenvalue weighted by molar-refractivity contribution is 6.34. The maximum atomic E-state index is 12.3. The van der Waals surface area contributed by atoms with Gasteiger partial charge in [0.25, 0.3) is 5.69 Å². The van der Waals surface area contributed by atoms with E-state index in [0.717, 1.165) is 11.3 Å². The number of piperazine rings is 1. The van der Waals surface area contributed by atoms with Gasteiger partial charge < -0.3 is 19.9 Å². The van der Waals surface area contributed by atoms with Gasteiger partial charge in [-0.3, -0.25) is 10.1 Å². The molecule has 2 aromatic rings. The van der Waals surface area contributed by atoms with E-state index >= 15 is 0 Å². The molecule has 0 bridgehead atoms. The second kappa shape index (κ2) is 9.83. The van der Waals surface area contributed by atoms with Gasteiger partial charge in [0.1, 0.15) is 11.3 Å². The normalized spacial score (nSPS) is 14.3. The molecule has 32 heavy (non-hydrogen) atoms. The van der Waals surface area contributed by atoms with E-state index in [1.54, 1.807) is 23.1 Å². The Morgan fingerprint density at radius 2 is 1.72 bits per heavy atom. The van der Waals surface area contributed by atoms with Crippen LogP contribution in [0.15, 0.2) is 36.4 Å². The fourth-order valence-electron chi connectivity index (χ4n) is 3.41. The Morgan fingerprint density at radius 1 is 1.09 bits per heavy atom. The molecule has 8 nitrogen and oxygen atoms in total. The van der Waals surface area contributed by atoms with Gasteiger partial charge in [-0.05, 0) is 56.7 Å². The van der Waals surface area contributed by atoms with E-state index in [0.29, 0.717) is 48.5 Å². The standard InChI is InChI=1S/C22H26Cl2N4O4/c1-22(2,3)32-21(29)27-8-6-26(7-9-27)20-13-18(4-5-19(20)28(30)31)25-14-15-10-16(23)12-17(24)11-15/h4-5,10-13,25H,6-9,14H2,1-3H3. The average molecular weight is 481 g/mol. The molecular weight excluding hydrogens is 455 g/mol. The van der Waals surface area contributed by atoms with Crippen LogP contribution in [0.25, 0.3) is 0 Å². The molecule has 0 aromatic heterocycles. The van der Waals surface area contributed by atoms with Gasteiger partial charge >= 0.3 is 6.09 Å². The Labute approximate surface area is 197 Å². The first-order chi connectivity index (χ1) is 15.0. The molecule has 1 amide bonds. The van der Waals surface area contributed by atoms with Gasteiger partial charge in [-0.25, -0.2) is 4.79 Å². The van der Waals surface area contributed by atoms with Crippen LogP contribution in [-0.2, 0) is 11.3 Å². The zero-order valence-electron chi connectivity index (χ0n) is 18.2. The van der Waals surface area contributed by atoms with Gasteiger partial charge in [0.2, 0.25) is 0 Å². The van der Waals surface area contributed by atoms with E-state index in [1.165, 1.54) is 6.07 Å². The van der Waals surface area contributed by atoms with Crippen LogP contribution in [0.3, 0.4) is 0 Å². The third-order valence-corrected chi connectivity index (χ3v) is 5.30. The minimum atomic E-state index is -0.569. The van der Waals surface area contributed by atoms with Crippen LogP contribution in [-0.4, -0.2) is 47.7 Å². The molecule has 10 heteroatoms. The Morgan fingerprint density at radius 3 is 2.28 bits per heavy atom. The molecule has 2 aromatic carbocycles. The van der Waals surface area contributed by atoms with E-state index in [1.807, 2.05) is 37.8 Å². The van der Waals surface area contributed by atoms with E-state index in [-0.39, 0.29) is 11.8 Å². The Balaban J connectivity index is 1.71. The first kappa shape index (κ1) is 23.9. The number of amides is 1. The van der Waals surface area contributed by atoms with Crippen molar-refractivity contribution >= 4 is 46.4 Å². The van der Waals surface area contributed by atoms with Gasteiger partial charge in [0.15, 0.2) is 0 Å². The smallest absolute Gasteiger partial charge is 0.410 e. The van der Waals surface area contributed by atoms with Crippen molar-refractivity contribution in [1.29, 1.82) is 0 Å². The SMILES string of the molecule is CC(C)(C)OC(=O)N1CCN(c2cc(NCc3cc(Cl)cc(Cl)c3)ccc2[N+](=O)[O-])CC1. The number of anilines is 2. The van der Waals surface area contributed by atoms with Crippen molar-refractivity contribution in [2.45, 2.75) is 32.9 Å². The molecule has 0 unspecified atom stereocenters. The first-order valence-corrected chi connectivity index (χ1v) is 11.0. The van der Waals surface area contributed by atoms with E-state index in [2.05, 4.69) is 5.32 Å². The lowest BCUT2D eigenvalue weighted by Gasteiger charge is -2.36. The second-order valence-electron chi connectivity index (χ2n) is 8.55. The second-order valence-corrected chi connectivity index (χ2v) is 9.42. The summed E-state index contributed by atoms with van der Waals surface area (Å²) in [7, 11) is 0.